The summed E-state index contributed by atoms with van der Waals surface area (Å²) in [4.78, 5) is 24.9. The first-order chi connectivity index (χ1) is 17.1. The molecule has 1 amide bonds. The third-order valence-corrected chi connectivity index (χ3v) is 7.52. The van der Waals surface area contributed by atoms with E-state index in [9.17, 15) is 4.79 Å². The first kappa shape index (κ1) is 24.3. The molecule has 3 aromatic rings. The second kappa shape index (κ2) is 11.1. The number of anilines is 1. The average molecular weight is 496 g/mol. The summed E-state index contributed by atoms with van der Waals surface area (Å²) in [7, 11) is 0. The van der Waals surface area contributed by atoms with Gasteiger partial charge in [-0.2, -0.15) is 0 Å². The molecule has 2 saturated heterocycles. The van der Waals surface area contributed by atoms with Gasteiger partial charge in [-0.15, -0.1) is 0 Å². The van der Waals surface area contributed by atoms with Crippen LogP contribution >= 0.6 is 11.6 Å². The number of aromatic nitrogens is 2. The smallest absolute Gasteiger partial charge is 0.241 e. The number of hydrogen-bond acceptors (Lipinski definition) is 5. The maximum absolute atomic E-state index is 13.0. The molecule has 4 heterocycles. The molecule has 2 N–H and O–H groups in total. The van der Waals surface area contributed by atoms with Crippen molar-refractivity contribution in [2.24, 2.45) is 0 Å². The van der Waals surface area contributed by atoms with Crippen molar-refractivity contribution in [2.75, 3.05) is 50.8 Å². The van der Waals surface area contributed by atoms with Gasteiger partial charge in [-0.1, -0.05) is 30.7 Å². The SMILES string of the molecule is CCc1c[nH]c2ncc(-c3cccc(N4CCN(CCCOC5CCNCC5)CC4=O)c3)c(Cl)c12. The number of aromatic amines is 1. The number of nitrogens with one attached hydrogen (secondary N) is 2. The molecule has 0 radical (unpaired) electrons. The number of fused-ring (bicyclic) bond motifs is 1. The molecule has 35 heavy (non-hydrogen) atoms. The minimum Gasteiger partial charge on any atom is -0.378 e. The van der Waals surface area contributed by atoms with E-state index in [1.165, 1.54) is 0 Å². The van der Waals surface area contributed by atoms with Gasteiger partial charge in [0.15, 0.2) is 0 Å². The Balaban J connectivity index is 1.21. The zero-order valence-electron chi connectivity index (χ0n) is 20.4. The van der Waals surface area contributed by atoms with Crippen LogP contribution in [0.4, 0.5) is 5.69 Å². The van der Waals surface area contributed by atoms with Crippen LogP contribution in [-0.2, 0) is 16.0 Å². The molecule has 2 aliphatic heterocycles. The Labute approximate surface area is 211 Å². The second-order valence-electron chi connectivity index (χ2n) is 9.42. The Kier molecular flexibility index (Phi) is 7.68. The van der Waals surface area contributed by atoms with Gasteiger partial charge in [-0.05, 0) is 62.0 Å². The highest BCUT2D eigenvalue weighted by atomic mass is 35.5. The van der Waals surface area contributed by atoms with E-state index < -0.39 is 0 Å². The minimum absolute atomic E-state index is 0.131. The highest BCUT2D eigenvalue weighted by Gasteiger charge is 2.25. The van der Waals surface area contributed by atoms with E-state index >= 15 is 0 Å². The Morgan fingerprint density at radius 1 is 1.23 bits per heavy atom. The number of halogens is 1. The van der Waals surface area contributed by atoms with Gasteiger partial charge in [-0.3, -0.25) is 9.69 Å². The molecule has 0 aliphatic carbocycles. The van der Waals surface area contributed by atoms with Crippen LogP contribution in [0, 0.1) is 0 Å². The monoisotopic (exact) mass is 495 g/mol. The number of benzene rings is 1. The molecule has 2 fully saturated rings. The van der Waals surface area contributed by atoms with E-state index in [0.717, 1.165) is 91.9 Å². The van der Waals surface area contributed by atoms with Crippen molar-refractivity contribution in [1.29, 1.82) is 0 Å². The number of piperidine rings is 1. The van der Waals surface area contributed by atoms with Gasteiger partial charge in [0.1, 0.15) is 5.65 Å². The van der Waals surface area contributed by atoms with Gasteiger partial charge >= 0.3 is 0 Å². The third-order valence-electron chi connectivity index (χ3n) is 7.13. The number of H-pyrrole nitrogens is 1. The molecule has 7 nitrogen and oxygen atoms in total. The fourth-order valence-corrected chi connectivity index (χ4v) is 5.50. The van der Waals surface area contributed by atoms with Crippen molar-refractivity contribution < 1.29 is 9.53 Å². The van der Waals surface area contributed by atoms with Crippen LogP contribution in [0.1, 0.15) is 31.7 Å². The largest absolute Gasteiger partial charge is 0.378 e. The predicted molar refractivity (Wildman–Crippen MR) is 141 cm³/mol. The van der Waals surface area contributed by atoms with Crippen LogP contribution in [0.2, 0.25) is 5.02 Å². The molecule has 0 bridgehead atoms. The average Bonchev–Trinajstić information content (AvgIpc) is 3.32. The standard InChI is InChI=1S/C27H34ClN5O2/c1-2-19-16-30-27-25(19)26(28)23(17-31-27)20-5-3-6-21(15-20)33-13-12-32(18-24(33)34)11-4-14-35-22-7-9-29-10-8-22/h3,5-6,15-17,22,29H,2,4,7-14,18H2,1H3,(H,30,31). The van der Waals surface area contributed by atoms with E-state index in [2.05, 4.69) is 27.1 Å². The summed E-state index contributed by atoms with van der Waals surface area (Å²) in [6, 6.07) is 8.06. The van der Waals surface area contributed by atoms with E-state index in [0.29, 0.717) is 24.2 Å². The van der Waals surface area contributed by atoms with Crippen LogP contribution in [0.15, 0.2) is 36.7 Å². The Bertz CT molecular complexity index is 1170. The van der Waals surface area contributed by atoms with Crippen molar-refractivity contribution in [3.8, 4) is 11.1 Å². The first-order valence-corrected chi connectivity index (χ1v) is 13.1. The molecular formula is C27H34ClN5O2. The van der Waals surface area contributed by atoms with Gasteiger partial charge in [0.05, 0.1) is 17.7 Å². The molecule has 1 aromatic carbocycles. The molecule has 186 valence electrons. The summed E-state index contributed by atoms with van der Waals surface area (Å²) < 4.78 is 6.01. The zero-order valence-corrected chi connectivity index (χ0v) is 21.1. The maximum Gasteiger partial charge on any atom is 0.241 e. The van der Waals surface area contributed by atoms with Gasteiger partial charge in [0, 0.05) is 55.3 Å². The molecule has 2 aromatic heterocycles. The quantitative estimate of drug-likeness (QED) is 0.457. The highest BCUT2D eigenvalue weighted by molar-refractivity contribution is 6.38. The van der Waals surface area contributed by atoms with Crippen LogP contribution in [-0.4, -0.2) is 72.8 Å². The van der Waals surface area contributed by atoms with Crippen LogP contribution in [0.3, 0.4) is 0 Å². The number of aryl methyl sites for hydroxylation is 1. The van der Waals surface area contributed by atoms with Crippen molar-refractivity contribution in [3.63, 3.8) is 0 Å². The van der Waals surface area contributed by atoms with E-state index in [-0.39, 0.29) is 5.91 Å². The molecule has 5 rings (SSSR count). The van der Waals surface area contributed by atoms with Crippen molar-refractivity contribution in [1.82, 2.24) is 20.2 Å². The lowest BCUT2D eigenvalue weighted by Crippen LogP contribution is -2.50. The van der Waals surface area contributed by atoms with Gasteiger partial charge in [0.25, 0.3) is 0 Å². The van der Waals surface area contributed by atoms with Crippen LogP contribution in [0.25, 0.3) is 22.2 Å². The van der Waals surface area contributed by atoms with E-state index in [1.54, 1.807) is 0 Å². The summed E-state index contributed by atoms with van der Waals surface area (Å²) in [5, 5.41) is 5.04. The van der Waals surface area contributed by atoms with Crippen molar-refractivity contribution in [3.05, 3.63) is 47.2 Å². The van der Waals surface area contributed by atoms with Gasteiger partial charge < -0.3 is 19.9 Å². The maximum atomic E-state index is 13.0. The molecular weight excluding hydrogens is 462 g/mol. The lowest BCUT2D eigenvalue weighted by atomic mass is 10.0. The van der Waals surface area contributed by atoms with Gasteiger partial charge in [0.2, 0.25) is 5.91 Å². The Morgan fingerprint density at radius 3 is 2.89 bits per heavy atom. The number of piperazine rings is 1. The minimum atomic E-state index is 0.131. The van der Waals surface area contributed by atoms with Gasteiger partial charge in [-0.25, -0.2) is 4.98 Å². The fraction of sp³-hybridized carbons (Fsp3) is 0.481. The molecule has 0 saturated carbocycles. The van der Waals surface area contributed by atoms with Crippen molar-refractivity contribution >= 4 is 34.2 Å². The number of rotatable bonds is 8. The summed E-state index contributed by atoms with van der Waals surface area (Å²) >= 11 is 6.84. The molecule has 2 aliphatic rings. The summed E-state index contributed by atoms with van der Waals surface area (Å²) in [5.41, 5.74) is 4.72. The molecule has 0 unspecified atom stereocenters. The molecule has 0 atom stereocenters. The molecule has 8 heteroatoms. The Morgan fingerprint density at radius 2 is 2.09 bits per heavy atom. The van der Waals surface area contributed by atoms with Crippen LogP contribution in [0.5, 0.6) is 0 Å². The lowest BCUT2D eigenvalue weighted by Gasteiger charge is -2.34. The topological polar surface area (TPSA) is 73.5 Å². The third kappa shape index (κ3) is 5.38. The number of hydrogen-bond donors (Lipinski definition) is 2. The highest BCUT2D eigenvalue weighted by Crippen LogP contribution is 2.36. The Hall–Kier alpha value is -2.45. The summed E-state index contributed by atoms with van der Waals surface area (Å²) in [5.74, 6) is 0.131. The van der Waals surface area contributed by atoms with Crippen LogP contribution < -0.4 is 10.2 Å². The second-order valence-corrected chi connectivity index (χ2v) is 9.80. The number of pyridine rings is 1. The summed E-state index contributed by atoms with van der Waals surface area (Å²) in [6.07, 6.45) is 8.20. The predicted octanol–water partition coefficient (Wildman–Crippen LogP) is 4.25. The first-order valence-electron chi connectivity index (χ1n) is 12.7. The lowest BCUT2D eigenvalue weighted by molar-refractivity contribution is -0.121. The molecule has 0 spiro atoms. The number of nitrogens with zero attached hydrogens (tertiary/aromatic N) is 3. The van der Waals surface area contributed by atoms with E-state index in [1.807, 2.05) is 41.6 Å². The fourth-order valence-electron chi connectivity index (χ4n) is 5.13. The number of ether oxygens (including phenoxy) is 1. The number of carbonyl (C=O) groups excluding carboxylic acids is 1. The normalized spacial score (nSPS) is 18.0. The van der Waals surface area contributed by atoms with E-state index in [4.69, 9.17) is 16.3 Å². The summed E-state index contributed by atoms with van der Waals surface area (Å²) in [6.45, 7) is 7.84. The zero-order chi connectivity index (χ0) is 24.2. The number of amides is 1. The van der Waals surface area contributed by atoms with Crippen molar-refractivity contribution in [2.45, 2.75) is 38.7 Å². The number of carbonyl (C=O) groups is 1.